The van der Waals surface area contributed by atoms with Gasteiger partial charge >= 0.3 is 0 Å². The Morgan fingerprint density at radius 1 is 1.35 bits per heavy atom. The average Bonchev–Trinajstić information content (AvgIpc) is 2.55. The lowest BCUT2D eigenvalue weighted by atomic mass is 10.1. The first-order valence-corrected chi connectivity index (χ1v) is 7.24. The largest absolute Gasteiger partial charge is 0.486 e. The zero-order valence-corrected chi connectivity index (χ0v) is 13.0. The third-order valence-electron chi connectivity index (χ3n) is 3.43. The van der Waals surface area contributed by atoms with Crippen molar-refractivity contribution in [3.05, 3.63) is 49.9 Å². The van der Waals surface area contributed by atoms with Gasteiger partial charge in [-0.3, -0.25) is 4.79 Å². The van der Waals surface area contributed by atoms with Crippen LogP contribution < -0.4 is 15.0 Å². The summed E-state index contributed by atoms with van der Waals surface area (Å²) in [5.74, 6) is 1.13. The van der Waals surface area contributed by atoms with E-state index >= 15 is 0 Å². The van der Waals surface area contributed by atoms with Crippen LogP contribution in [-0.4, -0.2) is 23.4 Å². The predicted molar refractivity (Wildman–Crippen MR) is 85.7 cm³/mol. The standard InChI is InChI=1S/C16H12ClN3O3/c1-9-11(8-18)16(21)20-19-13(9)3-2-10-6-12(17)15-14(7-10)22-4-5-23-15/h2-3,6-7H,4-5H2,1H3,(H,20,21)/b3-2+. The summed E-state index contributed by atoms with van der Waals surface area (Å²) in [6.45, 7) is 2.62. The van der Waals surface area contributed by atoms with Gasteiger partial charge in [0.15, 0.2) is 11.5 Å². The van der Waals surface area contributed by atoms with Crippen LogP contribution in [0.5, 0.6) is 11.5 Å². The summed E-state index contributed by atoms with van der Waals surface area (Å²) >= 11 is 6.18. The van der Waals surface area contributed by atoms with Gasteiger partial charge in [0.2, 0.25) is 0 Å². The van der Waals surface area contributed by atoms with Crippen LogP contribution in [0.1, 0.15) is 22.4 Å². The molecule has 0 saturated heterocycles. The summed E-state index contributed by atoms with van der Waals surface area (Å²) in [7, 11) is 0. The fourth-order valence-corrected chi connectivity index (χ4v) is 2.52. The van der Waals surface area contributed by atoms with E-state index in [9.17, 15) is 4.79 Å². The Kier molecular flexibility index (Phi) is 4.04. The fraction of sp³-hybridized carbons (Fsp3) is 0.188. The minimum Gasteiger partial charge on any atom is -0.486 e. The van der Waals surface area contributed by atoms with Crippen molar-refractivity contribution in [3.8, 4) is 17.6 Å². The van der Waals surface area contributed by atoms with Crippen LogP contribution >= 0.6 is 11.6 Å². The number of aromatic nitrogens is 2. The number of rotatable bonds is 2. The van der Waals surface area contributed by atoms with E-state index in [4.69, 9.17) is 26.3 Å². The molecule has 0 unspecified atom stereocenters. The van der Waals surface area contributed by atoms with E-state index in [1.54, 1.807) is 25.1 Å². The molecule has 23 heavy (non-hydrogen) atoms. The van der Waals surface area contributed by atoms with Crippen LogP contribution in [0.15, 0.2) is 16.9 Å². The quantitative estimate of drug-likeness (QED) is 0.914. The molecule has 6 nitrogen and oxygen atoms in total. The molecule has 116 valence electrons. The Morgan fingerprint density at radius 3 is 2.91 bits per heavy atom. The Labute approximate surface area is 136 Å². The van der Waals surface area contributed by atoms with Crippen molar-refractivity contribution in [1.82, 2.24) is 10.2 Å². The van der Waals surface area contributed by atoms with E-state index in [0.29, 0.717) is 41.0 Å². The van der Waals surface area contributed by atoms with Crippen LogP contribution in [0, 0.1) is 18.3 Å². The van der Waals surface area contributed by atoms with Crippen LogP contribution in [0.2, 0.25) is 5.02 Å². The summed E-state index contributed by atoms with van der Waals surface area (Å²) in [5, 5.41) is 15.7. The molecule has 1 aromatic heterocycles. The van der Waals surface area contributed by atoms with E-state index in [1.807, 2.05) is 12.1 Å². The van der Waals surface area contributed by atoms with Gasteiger partial charge in [0.1, 0.15) is 24.8 Å². The zero-order valence-electron chi connectivity index (χ0n) is 12.2. The lowest BCUT2D eigenvalue weighted by Gasteiger charge is -2.19. The molecule has 2 heterocycles. The SMILES string of the molecule is Cc1c(/C=C/c2cc(Cl)c3c(c2)OCCO3)n[nH]c(=O)c1C#N. The van der Waals surface area contributed by atoms with Crippen LogP contribution in [0.3, 0.4) is 0 Å². The molecule has 7 heteroatoms. The highest BCUT2D eigenvalue weighted by molar-refractivity contribution is 6.32. The molecule has 0 atom stereocenters. The van der Waals surface area contributed by atoms with E-state index in [2.05, 4.69) is 10.2 Å². The van der Waals surface area contributed by atoms with Crippen LogP contribution in [0.4, 0.5) is 0 Å². The maximum absolute atomic E-state index is 11.5. The summed E-state index contributed by atoms with van der Waals surface area (Å²) in [5.41, 5.74) is 1.39. The number of benzene rings is 1. The minimum absolute atomic E-state index is 0.0554. The fourth-order valence-electron chi connectivity index (χ4n) is 2.25. The maximum atomic E-state index is 11.5. The van der Waals surface area contributed by atoms with Crippen LogP contribution in [0.25, 0.3) is 12.2 Å². The second kappa shape index (κ2) is 6.15. The Hall–Kier alpha value is -2.78. The number of nitrogens with one attached hydrogen (secondary N) is 1. The van der Waals surface area contributed by atoms with Gasteiger partial charge in [-0.25, -0.2) is 5.10 Å². The van der Waals surface area contributed by atoms with Gasteiger partial charge in [-0.2, -0.15) is 10.4 Å². The third kappa shape index (κ3) is 2.91. The predicted octanol–water partition coefficient (Wildman–Crippen LogP) is 2.54. The number of hydrogen-bond donors (Lipinski definition) is 1. The zero-order chi connectivity index (χ0) is 16.4. The maximum Gasteiger partial charge on any atom is 0.282 e. The van der Waals surface area contributed by atoms with Gasteiger partial charge in [0, 0.05) is 0 Å². The number of fused-ring (bicyclic) bond motifs is 1. The molecule has 1 N–H and O–H groups in total. The average molecular weight is 330 g/mol. The van der Waals surface area contributed by atoms with Gasteiger partial charge in [0.25, 0.3) is 5.56 Å². The first-order valence-electron chi connectivity index (χ1n) is 6.86. The van der Waals surface area contributed by atoms with Crippen molar-refractivity contribution in [2.45, 2.75) is 6.92 Å². The molecule has 1 aliphatic rings. The van der Waals surface area contributed by atoms with Crippen molar-refractivity contribution >= 4 is 23.8 Å². The van der Waals surface area contributed by atoms with Crippen molar-refractivity contribution < 1.29 is 9.47 Å². The van der Waals surface area contributed by atoms with E-state index in [0.717, 1.165) is 5.56 Å². The van der Waals surface area contributed by atoms with Crippen molar-refractivity contribution in [3.63, 3.8) is 0 Å². The molecule has 0 amide bonds. The molecule has 3 rings (SSSR count). The normalized spacial score (nSPS) is 13.1. The Bertz CT molecular complexity index is 897. The van der Waals surface area contributed by atoms with E-state index in [-0.39, 0.29) is 5.56 Å². The van der Waals surface area contributed by atoms with Crippen molar-refractivity contribution in [1.29, 1.82) is 5.26 Å². The molecular weight excluding hydrogens is 318 g/mol. The summed E-state index contributed by atoms with van der Waals surface area (Å²) in [4.78, 5) is 11.5. The number of H-pyrrole nitrogens is 1. The third-order valence-corrected chi connectivity index (χ3v) is 3.71. The van der Waals surface area contributed by atoms with Gasteiger partial charge in [-0.15, -0.1) is 0 Å². The summed E-state index contributed by atoms with van der Waals surface area (Å²) in [6, 6.07) is 5.43. The number of ether oxygens (including phenoxy) is 2. The smallest absolute Gasteiger partial charge is 0.282 e. The van der Waals surface area contributed by atoms with Crippen molar-refractivity contribution in [2.24, 2.45) is 0 Å². The molecule has 2 aromatic rings. The first kappa shape index (κ1) is 15.1. The number of nitriles is 1. The Morgan fingerprint density at radius 2 is 2.13 bits per heavy atom. The highest BCUT2D eigenvalue weighted by Crippen LogP contribution is 2.38. The van der Waals surface area contributed by atoms with Gasteiger partial charge in [-0.05, 0) is 36.3 Å². The molecule has 0 fully saturated rings. The number of hydrogen-bond acceptors (Lipinski definition) is 5. The number of aromatic amines is 1. The monoisotopic (exact) mass is 329 g/mol. The van der Waals surface area contributed by atoms with Crippen molar-refractivity contribution in [2.75, 3.05) is 13.2 Å². The molecular formula is C16H12ClN3O3. The van der Waals surface area contributed by atoms with Gasteiger partial charge in [-0.1, -0.05) is 17.7 Å². The second-order valence-electron chi connectivity index (χ2n) is 4.91. The van der Waals surface area contributed by atoms with Gasteiger partial charge in [0.05, 0.1) is 10.7 Å². The molecule has 1 aliphatic heterocycles. The van der Waals surface area contributed by atoms with E-state index < -0.39 is 5.56 Å². The second-order valence-corrected chi connectivity index (χ2v) is 5.32. The van der Waals surface area contributed by atoms with E-state index in [1.165, 1.54) is 0 Å². The summed E-state index contributed by atoms with van der Waals surface area (Å²) < 4.78 is 11.0. The molecule has 1 aromatic carbocycles. The topological polar surface area (TPSA) is 88.0 Å². The highest BCUT2D eigenvalue weighted by Gasteiger charge is 2.16. The number of halogens is 1. The summed E-state index contributed by atoms with van der Waals surface area (Å²) in [6.07, 6.45) is 3.48. The molecule has 0 spiro atoms. The highest BCUT2D eigenvalue weighted by atomic mass is 35.5. The molecule has 0 saturated carbocycles. The van der Waals surface area contributed by atoms with Crippen LogP contribution in [-0.2, 0) is 0 Å². The number of nitrogens with zero attached hydrogens (tertiary/aromatic N) is 2. The van der Waals surface area contributed by atoms with Gasteiger partial charge < -0.3 is 9.47 Å². The Balaban J connectivity index is 1.97. The lowest BCUT2D eigenvalue weighted by molar-refractivity contribution is 0.171. The lowest BCUT2D eigenvalue weighted by Crippen LogP contribution is -2.15. The molecule has 0 aliphatic carbocycles. The minimum atomic E-state index is -0.496. The molecule has 0 radical (unpaired) electrons. The molecule has 0 bridgehead atoms. The first-order chi connectivity index (χ1) is 11.1.